The Morgan fingerprint density at radius 2 is 1.81 bits per heavy atom. The van der Waals surface area contributed by atoms with E-state index in [-0.39, 0.29) is 30.9 Å². The molecule has 3 amide bonds. The number of halogens is 3. The number of carbonyl (C=O) groups excluding carboxylic acids is 3. The Labute approximate surface area is 268 Å². The molecule has 1 saturated heterocycles. The Kier molecular flexibility index (Phi) is 13.3. The maximum Gasteiger partial charge on any atom is 0.490 e. The highest BCUT2D eigenvalue weighted by molar-refractivity contribution is 5.87. The molecule has 254 valence electrons. The molecule has 2 atom stereocenters. The van der Waals surface area contributed by atoms with Crippen LogP contribution in [-0.4, -0.2) is 104 Å². The molecule has 1 aliphatic heterocycles. The van der Waals surface area contributed by atoms with Crippen molar-refractivity contribution in [3.8, 4) is 0 Å². The number of H-pyrrole nitrogens is 1. The lowest BCUT2D eigenvalue weighted by Gasteiger charge is -2.31. The van der Waals surface area contributed by atoms with Gasteiger partial charge >= 0.3 is 18.1 Å². The molecule has 1 fully saturated rings. The molecule has 1 aromatic heterocycles. The van der Waals surface area contributed by atoms with E-state index in [1.807, 2.05) is 52.3 Å². The first-order chi connectivity index (χ1) is 22.2. The van der Waals surface area contributed by atoms with Gasteiger partial charge in [-0.25, -0.2) is 14.6 Å². The van der Waals surface area contributed by atoms with Gasteiger partial charge in [0, 0.05) is 57.5 Å². The zero-order chi connectivity index (χ0) is 34.6. The molecule has 3 aromatic rings. The molecule has 0 spiro atoms. The van der Waals surface area contributed by atoms with Gasteiger partial charge in [-0.3, -0.25) is 19.3 Å². The average Bonchev–Trinajstić information content (AvgIpc) is 3.70. The number of carbonyl (C=O) groups is 5. The largest absolute Gasteiger partial charge is 0.490 e. The number of aromatic nitrogens is 2. The molecule has 1 aliphatic rings. The zero-order valence-electron chi connectivity index (χ0n) is 25.6. The van der Waals surface area contributed by atoms with Gasteiger partial charge in [0.25, 0.3) is 0 Å². The summed E-state index contributed by atoms with van der Waals surface area (Å²) in [7, 11) is 0. The number of alkyl halides is 3. The molecular formula is C31H37F3N6O7. The first-order valence-electron chi connectivity index (χ1n) is 14.8. The summed E-state index contributed by atoms with van der Waals surface area (Å²) in [4.78, 5) is 69.0. The first-order valence-corrected chi connectivity index (χ1v) is 14.8. The molecule has 2 heterocycles. The van der Waals surface area contributed by atoms with Crippen molar-refractivity contribution in [2.45, 2.75) is 57.4 Å². The summed E-state index contributed by atoms with van der Waals surface area (Å²) in [6, 6.07) is 12.7. The molecule has 16 heteroatoms. The van der Waals surface area contributed by atoms with E-state index in [9.17, 15) is 37.5 Å². The van der Waals surface area contributed by atoms with Gasteiger partial charge < -0.3 is 30.7 Å². The van der Waals surface area contributed by atoms with Crippen LogP contribution in [0.1, 0.15) is 37.4 Å². The summed E-state index contributed by atoms with van der Waals surface area (Å²) >= 11 is 0. The predicted molar refractivity (Wildman–Crippen MR) is 163 cm³/mol. The predicted octanol–water partition coefficient (Wildman–Crippen LogP) is 2.33. The highest BCUT2D eigenvalue weighted by Gasteiger charge is 2.38. The summed E-state index contributed by atoms with van der Waals surface area (Å²) in [5.74, 6) is -4.77. The van der Waals surface area contributed by atoms with Gasteiger partial charge in [-0.05, 0) is 35.6 Å². The Hall–Kier alpha value is -4.99. The van der Waals surface area contributed by atoms with Crippen LogP contribution < -0.4 is 10.6 Å². The lowest BCUT2D eigenvalue weighted by molar-refractivity contribution is -0.192. The van der Waals surface area contributed by atoms with Gasteiger partial charge in [-0.15, -0.1) is 0 Å². The lowest BCUT2D eigenvalue weighted by atomic mass is 10.0. The minimum absolute atomic E-state index is 0.0558. The average molecular weight is 663 g/mol. The van der Waals surface area contributed by atoms with E-state index in [1.54, 1.807) is 12.5 Å². The molecule has 0 saturated carbocycles. The number of imidazole rings is 1. The number of nitrogens with zero attached hydrogens (tertiary/aromatic N) is 3. The number of carboxylic acid groups (broad SMARTS) is 2. The van der Waals surface area contributed by atoms with Gasteiger partial charge in [0.05, 0.1) is 12.9 Å². The van der Waals surface area contributed by atoms with E-state index in [0.29, 0.717) is 32.5 Å². The molecule has 0 radical (unpaired) electrons. The van der Waals surface area contributed by atoms with E-state index < -0.39 is 30.1 Å². The summed E-state index contributed by atoms with van der Waals surface area (Å²) in [6.07, 6.45) is 0.882. The Balaban J connectivity index is 0.000000771. The topological polar surface area (TPSA) is 185 Å². The number of fused-ring (bicyclic) bond motifs is 1. The monoisotopic (exact) mass is 662 g/mol. The smallest absolute Gasteiger partial charge is 0.480 e. The lowest BCUT2D eigenvalue weighted by Crippen LogP contribution is -2.52. The van der Waals surface area contributed by atoms with Crippen LogP contribution in [0.5, 0.6) is 0 Å². The number of likely N-dealkylation sites (tertiary alicyclic amines) is 1. The van der Waals surface area contributed by atoms with Crippen LogP contribution in [-0.2, 0) is 36.9 Å². The zero-order valence-corrected chi connectivity index (χ0v) is 25.6. The molecule has 0 aliphatic carbocycles. The van der Waals surface area contributed by atoms with Crippen LogP contribution in [0.3, 0.4) is 0 Å². The SMILES string of the molecule is CC(=O)NC[C@H](NC(=O)CN(Cc1cccc2ccccc12)CC1CCCN1C(=O)CCc1cnc[nH]1)C(=O)O.O=C(O)C(F)(F)F. The fraction of sp³-hybridized carbons (Fsp3) is 0.419. The van der Waals surface area contributed by atoms with E-state index in [2.05, 4.69) is 20.6 Å². The van der Waals surface area contributed by atoms with Crippen LogP contribution in [0.2, 0.25) is 0 Å². The minimum atomic E-state index is -5.08. The van der Waals surface area contributed by atoms with Gasteiger partial charge in [0.2, 0.25) is 17.7 Å². The number of aromatic amines is 1. The Morgan fingerprint density at radius 1 is 1.11 bits per heavy atom. The third-order valence-corrected chi connectivity index (χ3v) is 7.40. The molecule has 2 aromatic carbocycles. The summed E-state index contributed by atoms with van der Waals surface area (Å²) < 4.78 is 31.7. The van der Waals surface area contributed by atoms with Gasteiger partial charge in [-0.1, -0.05) is 42.5 Å². The maximum absolute atomic E-state index is 13.1. The number of nitrogens with one attached hydrogen (secondary N) is 3. The highest BCUT2D eigenvalue weighted by atomic mass is 19.4. The second kappa shape index (κ2) is 17.1. The normalized spacial score (nSPS) is 15.1. The number of benzene rings is 2. The molecule has 5 N–H and O–H groups in total. The summed E-state index contributed by atoms with van der Waals surface area (Å²) in [5, 5.41) is 23.8. The van der Waals surface area contributed by atoms with Crippen molar-refractivity contribution < 1.29 is 47.4 Å². The van der Waals surface area contributed by atoms with Crippen molar-refractivity contribution in [1.29, 1.82) is 0 Å². The van der Waals surface area contributed by atoms with Crippen molar-refractivity contribution in [1.82, 2.24) is 30.4 Å². The number of carboxylic acids is 2. The van der Waals surface area contributed by atoms with Crippen LogP contribution in [0.4, 0.5) is 13.2 Å². The standard InChI is InChI=1S/C29H36N6O5.C2HF3O2/c1-20(36)31-15-26(29(39)40)33-27(37)18-34(16-22-8-4-7-21-6-2-3-10-25(21)22)17-24-9-5-13-35(24)28(38)12-11-23-14-30-19-32-23;3-2(4,5)1(6)7/h2-4,6-8,10,14,19,24,26H,5,9,11-13,15-18H2,1H3,(H,30,32)(H,31,36)(H,33,37)(H,39,40);(H,6,7)/t24?,26-;/m0./s1. The van der Waals surface area contributed by atoms with Crippen LogP contribution in [0.15, 0.2) is 55.0 Å². The van der Waals surface area contributed by atoms with Crippen LogP contribution in [0.25, 0.3) is 10.8 Å². The van der Waals surface area contributed by atoms with Crippen molar-refractivity contribution in [3.05, 3.63) is 66.2 Å². The highest BCUT2D eigenvalue weighted by Crippen LogP contribution is 2.23. The number of hydrogen-bond donors (Lipinski definition) is 5. The third kappa shape index (κ3) is 11.7. The third-order valence-electron chi connectivity index (χ3n) is 7.40. The van der Waals surface area contributed by atoms with Crippen LogP contribution in [0, 0.1) is 0 Å². The molecular weight excluding hydrogens is 625 g/mol. The molecule has 0 bridgehead atoms. The Morgan fingerprint density at radius 3 is 2.45 bits per heavy atom. The summed E-state index contributed by atoms with van der Waals surface area (Å²) in [6.45, 7) is 2.61. The fourth-order valence-electron chi connectivity index (χ4n) is 5.20. The van der Waals surface area contributed by atoms with Crippen molar-refractivity contribution in [3.63, 3.8) is 0 Å². The molecule has 4 rings (SSSR count). The second-order valence-corrected chi connectivity index (χ2v) is 11.0. The number of amides is 3. The minimum Gasteiger partial charge on any atom is -0.480 e. The number of hydrogen-bond acceptors (Lipinski definition) is 7. The maximum atomic E-state index is 13.1. The van der Waals surface area contributed by atoms with Crippen molar-refractivity contribution in [2.24, 2.45) is 0 Å². The second-order valence-electron chi connectivity index (χ2n) is 11.0. The molecule has 1 unspecified atom stereocenters. The number of rotatable bonds is 13. The number of aryl methyl sites for hydroxylation is 1. The van der Waals surface area contributed by atoms with Gasteiger partial charge in [0.1, 0.15) is 6.04 Å². The van der Waals surface area contributed by atoms with Crippen molar-refractivity contribution in [2.75, 3.05) is 26.2 Å². The van der Waals surface area contributed by atoms with E-state index in [4.69, 9.17) is 9.90 Å². The Bertz CT molecular complexity index is 1530. The van der Waals surface area contributed by atoms with Gasteiger partial charge in [-0.2, -0.15) is 13.2 Å². The van der Waals surface area contributed by atoms with E-state index in [0.717, 1.165) is 34.9 Å². The van der Waals surface area contributed by atoms with Crippen molar-refractivity contribution >= 4 is 40.4 Å². The van der Waals surface area contributed by atoms with E-state index >= 15 is 0 Å². The number of aliphatic carboxylic acids is 2. The molecule has 47 heavy (non-hydrogen) atoms. The van der Waals surface area contributed by atoms with Crippen LogP contribution >= 0.6 is 0 Å². The fourth-order valence-corrected chi connectivity index (χ4v) is 5.20. The summed E-state index contributed by atoms with van der Waals surface area (Å²) in [5.41, 5.74) is 1.94. The van der Waals surface area contributed by atoms with E-state index in [1.165, 1.54) is 6.92 Å². The quantitative estimate of drug-likeness (QED) is 0.183. The van der Waals surface area contributed by atoms with Gasteiger partial charge in [0.15, 0.2) is 0 Å². The molecule has 13 nitrogen and oxygen atoms in total. The first kappa shape index (κ1) is 36.5.